The molecule has 0 saturated heterocycles. The number of hydrogen-bond acceptors (Lipinski definition) is 3. The fourth-order valence-corrected chi connectivity index (χ4v) is 3.36. The number of benzene rings is 3. The molecule has 0 radical (unpaired) electrons. The summed E-state index contributed by atoms with van der Waals surface area (Å²) in [7, 11) is 0. The zero-order chi connectivity index (χ0) is 22.4. The number of anilines is 1. The van der Waals surface area contributed by atoms with Crippen molar-refractivity contribution in [2.24, 2.45) is 0 Å². The van der Waals surface area contributed by atoms with E-state index in [1.807, 2.05) is 13.0 Å². The van der Waals surface area contributed by atoms with Gasteiger partial charge in [-0.3, -0.25) is 4.79 Å². The molecule has 0 spiro atoms. The molecular weight excluding hydrogens is 455 g/mol. The van der Waals surface area contributed by atoms with E-state index in [2.05, 4.69) is 5.32 Å². The minimum Gasteiger partial charge on any atom is -0.489 e. The number of rotatable bonds is 6. The third-order valence-electron chi connectivity index (χ3n) is 4.39. The minimum atomic E-state index is -0.521. The van der Waals surface area contributed by atoms with E-state index >= 15 is 0 Å². The molecule has 0 atom stereocenters. The summed E-state index contributed by atoms with van der Waals surface area (Å²) in [5.74, 6) is 0.0512. The molecular formula is C24H17Cl3N2O2. The van der Waals surface area contributed by atoms with E-state index in [-0.39, 0.29) is 12.2 Å². The van der Waals surface area contributed by atoms with Crippen LogP contribution in [-0.2, 0) is 11.4 Å². The van der Waals surface area contributed by atoms with Gasteiger partial charge in [-0.1, -0.05) is 59.1 Å². The highest BCUT2D eigenvalue weighted by Crippen LogP contribution is 2.24. The Morgan fingerprint density at radius 1 is 1.06 bits per heavy atom. The predicted molar refractivity (Wildman–Crippen MR) is 126 cm³/mol. The average Bonchev–Trinajstić information content (AvgIpc) is 2.74. The van der Waals surface area contributed by atoms with Gasteiger partial charge in [-0.05, 0) is 60.5 Å². The number of carbonyl (C=O) groups excluding carboxylic acids is 1. The van der Waals surface area contributed by atoms with Crippen molar-refractivity contribution in [1.82, 2.24) is 0 Å². The van der Waals surface area contributed by atoms with E-state index in [1.54, 1.807) is 60.7 Å². The van der Waals surface area contributed by atoms with Crippen molar-refractivity contribution in [2.45, 2.75) is 13.5 Å². The van der Waals surface area contributed by atoms with Crippen molar-refractivity contribution in [3.8, 4) is 11.8 Å². The molecule has 3 aromatic carbocycles. The van der Waals surface area contributed by atoms with Gasteiger partial charge in [0, 0.05) is 26.3 Å². The van der Waals surface area contributed by atoms with Crippen LogP contribution >= 0.6 is 34.8 Å². The molecule has 0 unspecified atom stereocenters. The maximum atomic E-state index is 12.6. The van der Waals surface area contributed by atoms with E-state index in [0.29, 0.717) is 32.1 Å². The standard InChI is InChI=1S/C24H17Cl3N2O2/c1-15-5-7-20(26)12-23(15)29-24(30)18(13-28)9-16-3-2-4-21(10-16)31-14-17-6-8-19(25)11-22(17)27/h2-12H,14H2,1H3,(H,29,30)/b18-9+. The highest BCUT2D eigenvalue weighted by atomic mass is 35.5. The van der Waals surface area contributed by atoms with Crippen molar-refractivity contribution >= 4 is 52.5 Å². The van der Waals surface area contributed by atoms with Crippen molar-refractivity contribution in [2.75, 3.05) is 5.32 Å². The van der Waals surface area contributed by atoms with Gasteiger partial charge < -0.3 is 10.1 Å². The lowest BCUT2D eigenvalue weighted by Crippen LogP contribution is -2.14. The van der Waals surface area contributed by atoms with Crippen molar-refractivity contribution < 1.29 is 9.53 Å². The molecule has 31 heavy (non-hydrogen) atoms. The van der Waals surface area contributed by atoms with E-state index in [9.17, 15) is 10.1 Å². The van der Waals surface area contributed by atoms with Crippen LogP contribution in [0.2, 0.25) is 15.1 Å². The third kappa shape index (κ3) is 6.26. The van der Waals surface area contributed by atoms with Gasteiger partial charge in [-0.25, -0.2) is 0 Å². The van der Waals surface area contributed by atoms with E-state index < -0.39 is 5.91 Å². The maximum Gasteiger partial charge on any atom is 0.266 e. The van der Waals surface area contributed by atoms with Gasteiger partial charge in [-0.15, -0.1) is 0 Å². The second-order valence-corrected chi connectivity index (χ2v) is 7.96. The van der Waals surface area contributed by atoms with Crippen LogP contribution in [0.1, 0.15) is 16.7 Å². The number of amides is 1. The lowest BCUT2D eigenvalue weighted by Gasteiger charge is -2.10. The molecule has 0 bridgehead atoms. The van der Waals surface area contributed by atoms with Crippen LogP contribution < -0.4 is 10.1 Å². The van der Waals surface area contributed by atoms with E-state index in [0.717, 1.165) is 11.1 Å². The van der Waals surface area contributed by atoms with Crippen LogP contribution in [0.25, 0.3) is 6.08 Å². The molecule has 0 aliphatic rings. The summed E-state index contributed by atoms with van der Waals surface area (Å²) in [6, 6.07) is 19.4. The minimum absolute atomic E-state index is 0.0442. The summed E-state index contributed by atoms with van der Waals surface area (Å²) in [6.45, 7) is 2.10. The first-order valence-corrected chi connectivity index (χ1v) is 10.3. The van der Waals surface area contributed by atoms with Gasteiger partial charge in [0.2, 0.25) is 0 Å². The third-order valence-corrected chi connectivity index (χ3v) is 5.21. The molecule has 0 aliphatic carbocycles. The molecule has 0 aliphatic heterocycles. The molecule has 156 valence electrons. The zero-order valence-electron chi connectivity index (χ0n) is 16.5. The molecule has 7 heteroatoms. The van der Waals surface area contributed by atoms with Gasteiger partial charge in [-0.2, -0.15) is 5.26 Å². The fourth-order valence-electron chi connectivity index (χ4n) is 2.73. The van der Waals surface area contributed by atoms with Gasteiger partial charge in [0.1, 0.15) is 24.0 Å². The molecule has 1 amide bonds. The SMILES string of the molecule is Cc1ccc(Cl)cc1NC(=O)/C(C#N)=C/c1cccc(OCc2ccc(Cl)cc2Cl)c1. The Hall–Kier alpha value is -2.97. The largest absolute Gasteiger partial charge is 0.489 e. The lowest BCUT2D eigenvalue weighted by atomic mass is 10.1. The molecule has 0 saturated carbocycles. The van der Waals surface area contributed by atoms with Gasteiger partial charge in [0.05, 0.1) is 0 Å². The predicted octanol–water partition coefficient (Wildman–Crippen LogP) is 7.08. The normalized spacial score (nSPS) is 11.0. The number of nitrogens with zero attached hydrogens (tertiary/aromatic N) is 1. The van der Waals surface area contributed by atoms with Gasteiger partial charge >= 0.3 is 0 Å². The summed E-state index contributed by atoms with van der Waals surface area (Å²) in [4.78, 5) is 12.6. The summed E-state index contributed by atoms with van der Waals surface area (Å²) >= 11 is 18.1. The number of ether oxygens (including phenoxy) is 1. The number of hydrogen-bond donors (Lipinski definition) is 1. The summed E-state index contributed by atoms with van der Waals surface area (Å²) in [6.07, 6.45) is 1.50. The summed E-state index contributed by atoms with van der Waals surface area (Å²) in [5.41, 5.74) is 2.79. The highest BCUT2D eigenvalue weighted by Gasteiger charge is 2.12. The van der Waals surface area contributed by atoms with Crippen molar-refractivity contribution in [3.05, 3.63) is 98.0 Å². The molecule has 1 N–H and O–H groups in total. The van der Waals surface area contributed by atoms with E-state index in [1.165, 1.54) is 6.08 Å². The highest BCUT2D eigenvalue weighted by molar-refractivity contribution is 6.35. The van der Waals surface area contributed by atoms with Crippen molar-refractivity contribution in [3.63, 3.8) is 0 Å². The molecule has 3 rings (SSSR count). The van der Waals surface area contributed by atoms with Crippen LogP contribution in [0.3, 0.4) is 0 Å². The van der Waals surface area contributed by atoms with Crippen LogP contribution in [0.5, 0.6) is 5.75 Å². The topological polar surface area (TPSA) is 62.1 Å². The second-order valence-electron chi connectivity index (χ2n) is 6.68. The summed E-state index contributed by atoms with van der Waals surface area (Å²) < 4.78 is 5.80. The Kier molecular flexibility index (Phi) is 7.59. The molecule has 3 aromatic rings. The molecule has 0 aromatic heterocycles. The Morgan fingerprint density at radius 3 is 2.55 bits per heavy atom. The number of nitrogens with one attached hydrogen (secondary N) is 1. The Labute approximate surface area is 195 Å². The Bertz CT molecular complexity index is 1200. The number of halogens is 3. The fraction of sp³-hybridized carbons (Fsp3) is 0.0833. The smallest absolute Gasteiger partial charge is 0.266 e. The average molecular weight is 472 g/mol. The van der Waals surface area contributed by atoms with Crippen LogP contribution in [0.15, 0.2) is 66.2 Å². The first-order valence-electron chi connectivity index (χ1n) is 9.22. The van der Waals surface area contributed by atoms with Crippen molar-refractivity contribution in [1.29, 1.82) is 5.26 Å². The summed E-state index contributed by atoms with van der Waals surface area (Å²) in [5, 5.41) is 13.8. The number of aryl methyl sites for hydroxylation is 1. The van der Waals surface area contributed by atoms with E-state index in [4.69, 9.17) is 39.5 Å². The van der Waals surface area contributed by atoms with Crippen LogP contribution in [0, 0.1) is 18.3 Å². The quantitative estimate of drug-likeness (QED) is 0.308. The second kappa shape index (κ2) is 10.4. The molecule has 0 fully saturated rings. The monoisotopic (exact) mass is 470 g/mol. The van der Waals surface area contributed by atoms with Crippen LogP contribution in [0.4, 0.5) is 5.69 Å². The van der Waals surface area contributed by atoms with Gasteiger partial charge in [0.15, 0.2) is 0 Å². The Balaban J connectivity index is 1.74. The first kappa shape index (κ1) is 22.7. The molecule has 0 heterocycles. The number of nitriles is 1. The Morgan fingerprint density at radius 2 is 1.81 bits per heavy atom. The first-order chi connectivity index (χ1) is 14.9. The molecule has 4 nitrogen and oxygen atoms in total. The number of carbonyl (C=O) groups is 1. The maximum absolute atomic E-state index is 12.6. The van der Waals surface area contributed by atoms with Gasteiger partial charge in [0.25, 0.3) is 5.91 Å². The van der Waals surface area contributed by atoms with Crippen LogP contribution in [-0.4, -0.2) is 5.91 Å². The lowest BCUT2D eigenvalue weighted by molar-refractivity contribution is -0.112. The zero-order valence-corrected chi connectivity index (χ0v) is 18.7.